The van der Waals surface area contributed by atoms with Crippen molar-refractivity contribution >= 4 is 25.3 Å². The Balaban J connectivity index is 2.78. The van der Waals surface area contributed by atoms with Crippen molar-refractivity contribution in [1.29, 1.82) is 0 Å². The van der Waals surface area contributed by atoms with E-state index < -0.39 is 0 Å². The van der Waals surface area contributed by atoms with E-state index in [-0.39, 0.29) is 0 Å². The number of aryl methyl sites for hydroxylation is 4. The minimum atomic E-state index is 1.02. The van der Waals surface area contributed by atoms with Crippen LogP contribution < -0.4 is 0 Å². The molecule has 0 aliphatic carbocycles. The van der Waals surface area contributed by atoms with Crippen LogP contribution in [0, 0.1) is 27.7 Å². The van der Waals surface area contributed by atoms with Crippen LogP contribution in [0.5, 0.6) is 0 Å². The molecule has 0 aromatic heterocycles. The van der Waals surface area contributed by atoms with Gasteiger partial charge in [0.2, 0.25) is 0 Å². The van der Waals surface area contributed by atoms with E-state index in [1.807, 2.05) is 0 Å². The molecule has 0 bridgehead atoms. The van der Waals surface area contributed by atoms with Gasteiger partial charge in [0, 0.05) is 9.79 Å². The van der Waals surface area contributed by atoms with Gasteiger partial charge in [-0.2, -0.15) is 0 Å². The van der Waals surface area contributed by atoms with Crippen LogP contribution >= 0.6 is 25.3 Å². The first kappa shape index (κ1) is 13.6. The van der Waals surface area contributed by atoms with Crippen LogP contribution in [0.2, 0.25) is 0 Å². The van der Waals surface area contributed by atoms with E-state index >= 15 is 0 Å². The third kappa shape index (κ3) is 2.45. The average molecular weight is 274 g/mol. The van der Waals surface area contributed by atoms with Crippen LogP contribution in [0.1, 0.15) is 22.3 Å². The van der Waals surface area contributed by atoms with Crippen molar-refractivity contribution in [3.05, 3.63) is 46.5 Å². The smallest absolute Gasteiger partial charge is 0.00456 e. The SMILES string of the molecule is Cc1cc(S)cc(C)c1-c1c(C)cc(S)cc1C. The van der Waals surface area contributed by atoms with Gasteiger partial charge in [0.05, 0.1) is 0 Å². The summed E-state index contributed by atoms with van der Waals surface area (Å²) in [5.74, 6) is 0. The largest absolute Gasteiger partial charge is 0.143 e. The zero-order chi connectivity index (χ0) is 13.4. The minimum Gasteiger partial charge on any atom is -0.143 e. The Hall–Kier alpha value is -0.860. The lowest BCUT2D eigenvalue weighted by Gasteiger charge is -2.17. The molecule has 0 amide bonds. The van der Waals surface area contributed by atoms with Crippen LogP contribution in [0.3, 0.4) is 0 Å². The maximum absolute atomic E-state index is 4.44. The van der Waals surface area contributed by atoms with Crippen LogP contribution in [-0.2, 0) is 0 Å². The van der Waals surface area contributed by atoms with Gasteiger partial charge < -0.3 is 0 Å². The molecule has 0 unspecified atom stereocenters. The zero-order valence-electron chi connectivity index (χ0n) is 11.2. The Labute approximate surface area is 120 Å². The molecule has 0 saturated carbocycles. The summed E-state index contributed by atoms with van der Waals surface area (Å²) in [5, 5.41) is 0. The molecule has 18 heavy (non-hydrogen) atoms. The van der Waals surface area contributed by atoms with Gasteiger partial charge in [0.25, 0.3) is 0 Å². The van der Waals surface area contributed by atoms with Gasteiger partial charge in [0.1, 0.15) is 0 Å². The molecule has 2 aromatic carbocycles. The van der Waals surface area contributed by atoms with Gasteiger partial charge in [-0.05, 0) is 85.3 Å². The summed E-state index contributed by atoms with van der Waals surface area (Å²) >= 11 is 8.88. The second-order valence-electron chi connectivity index (χ2n) is 4.91. The molecule has 0 N–H and O–H groups in total. The third-order valence-corrected chi connectivity index (χ3v) is 3.80. The van der Waals surface area contributed by atoms with Gasteiger partial charge in [-0.1, -0.05) is 0 Å². The molecule has 0 spiro atoms. The fourth-order valence-corrected chi connectivity index (χ4v) is 3.44. The van der Waals surface area contributed by atoms with E-state index in [1.165, 1.54) is 33.4 Å². The van der Waals surface area contributed by atoms with E-state index in [1.54, 1.807) is 0 Å². The summed E-state index contributed by atoms with van der Waals surface area (Å²) in [7, 11) is 0. The van der Waals surface area contributed by atoms with Crippen LogP contribution in [0.4, 0.5) is 0 Å². The van der Waals surface area contributed by atoms with E-state index in [2.05, 4.69) is 77.2 Å². The first-order valence-electron chi connectivity index (χ1n) is 6.01. The van der Waals surface area contributed by atoms with Gasteiger partial charge >= 0.3 is 0 Å². The molecule has 0 heterocycles. The number of rotatable bonds is 1. The van der Waals surface area contributed by atoms with Gasteiger partial charge in [-0.3, -0.25) is 0 Å². The van der Waals surface area contributed by atoms with Crippen LogP contribution in [-0.4, -0.2) is 0 Å². The molecule has 0 aliphatic rings. The number of benzene rings is 2. The number of hydrogen-bond donors (Lipinski definition) is 2. The predicted molar refractivity (Wildman–Crippen MR) is 85.3 cm³/mol. The molecule has 2 heteroatoms. The highest BCUT2D eigenvalue weighted by molar-refractivity contribution is 7.80. The monoisotopic (exact) mass is 274 g/mol. The Morgan fingerprint density at radius 2 is 0.778 bits per heavy atom. The first-order valence-corrected chi connectivity index (χ1v) is 6.90. The molecule has 0 fully saturated rings. The van der Waals surface area contributed by atoms with E-state index in [0.717, 1.165) is 9.79 Å². The summed E-state index contributed by atoms with van der Waals surface area (Å²) in [6.07, 6.45) is 0. The molecular weight excluding hydrogens is 256 g/mol. The highest BCUT2D eigenvalue weighted by Gasteiger charge is 2.12. The lowest BCUT2D eigenvalue weighted by atomic mass is 9.89. The maximum atomic E-state index is 4.44. The Morgan fingerprint density at radius 1 is 0.556 bits per heavy atom. The highest BCUT2D eigenvalue weighted by atomic mass is 32.1. The van der Waals surface area contributed by atoms with E-state index in [9.17, 15) is 0 Å². The molecule has 2 aromatic rings. The van der Waals surface area contributed by atoms with Crippen molar-refractivity contribution in [3.63, 3.8) is 0 Å². The molecule has 0 nitrogen and oxygen atoms in total. The Morgan fingerprint density at radius 3 is 1.00 bits per heavy atom. The normalized spacial score (nSPS) is 10.8. The minimum absolute atomic E-state index is 1.02. The van der Waals surface area contributed by atoms with Crippen molar-refractivity contribution in [2.45, 2.75) is 37.5 Å². The molecular formula is C16H18S2. The Kier molecular flexibility index (Phi) is 3.79. The van der Waals surface area contributed by atoms with E-state index in [4.69, 9.17) is 0 Å². The van der Waals surface area contributed by atoms with Crippen molar-refractivity contribution in [2.24, 2.45) is 0 Å². The maximum Gasteiger partial charge on any atom is 0.00456 e. The lowest BCUT2D eigenvalue weighted by molar-refractivity contribution is 1.25. The molecule has 2 rings (SSSR count). The third-order valence-electron chi connectivity index (χ3n) is 3.28. The van der Waals surface area contributed by atoms with Crippen molar-refractivity contribution in [2.75, 3.05) is 0 Å². The summed E-state index contributed by atoms with van der Waals surface area (Å²) in [5.41, 5.74) is 7.76. The van der Waals surface area contributed by atoms with Crippen molar-refractivity contribution < 1.29 is 0 Å². The number of thiol groups is 2. The topological polar surface area (TPSA) is 0 Å². The lowest BCUT2D eigenvalue weighted by Crippen LogP contribution is -1.95. The van der Waals surface area contributed by atoms with Gasteiger partial charge in [-0.15, -0.1) is 25.3 Å². The zero-order valence-corrected chi connectivity index (χ0v) is 13.0. The standard InChI is InChI=1S/C16H18S2/c1-9-5-13(17)6-10(2)15(9)16-11(3)7-14(18)8-12(16)4/h5-8,17-18H,1-4H3. The van der Waals surface area contributed by atoms with Crippen LogP contribution in [0.15, 0.2) is 34.1 Å². The highest BCUT2D eigenvalue weighted by Crippen LogP contribution is 2.35. The summed E-state index contributed by atoms with van der Waals surface area (Å²) in [4.78, 5) is 2.05. The first-order chi connectivity index (χ1) is 8.40. The molecule has 0 aliphatic heterocycles. The van der Waals surface area contributed by atoms with E-state index in [0.29, 0.717) is 0 Å². The fraction of sp³-hybridized carbons (Fsp3) is 0.250. The summed E-state index contributed by atoms with van der Waals surface area (Å²) in [6.45, 7) is 8.59. The quantitative estimate of drug-likeness (QED) is 0.659. The second kappa shape index (κ2) is 5.02. The van der Waals surface area contributed by atoms with Crippen molar-refractivity contribution in [1.82, 2.24) is 0 Å². The molecule has 0 atom stereocenters. The van der Waals surface area contributed by atoms with Crippen molar-refractivity contribution in [3.8, 4) is 11.1 Å². The van der Waals surface area contributed by atoms with Gasteiger partial charge in [-0.25, -0.2) is 0 Å². The molecule has 0 radical (unpaired) electrons. The molecule has 0 saturated heterocycles. The summed E-state index contributed by atoms with van der Waals surface area (Å²) in [6, 6.07) is 8.50. The summed E-state index contributed by atoms with van der Waals surface area (Å²) < 4.78 is 0. The fourth-order valence-electron chi connectivity index (χ4n) is 2.67. The predicted octanol–water partition coefficient (Wildman–Crippen LogP) is 5.16. The van der Waals surface area contributed by atoms with Crippen LogP contribution in [0.25, 0.3) is 11.1 Å². The van der Waals surface area contributed by atoms with Gasteiger partial charge in [0.15, 0.2) is 0 Å². The second-order valence-corrected chi connectivity index (χ2v) is 5.94. The molecule has 94 valence electrons. The number of hydrogen-bond acceptors (Lipinski definition) is 2. The average Bonchev–Trinajstić information content (AvgIpc) is 2.20. The Bertz CT molecular complexity index is 511.